The third kappa shape index (κ3) is 6.04. The smallest absolute Gasteiger partial charge is 0.255 e. The minimum absolute atomic E-state index is 0.0263. The summed E-state index contributed by atoms with van der Waals surface area (Å²) < 4.78 is 5.85. The number of hydrogen-bond acceptors (Lipinski definition) is 6. The van der Waals surface area contributed by atoms with Gasteiger partial charge >= 0.3 is 0 Å². The average Bonchev–Trinajstić information content (AvgIpc) is 3.32. The second kappa shape index (κ2) is 11.3. The van der Waals surface area contributed by atoms with E-state index < -0.39 is 12.1 Å². The molecule has 35 heavy (non-hydrogen) atoms. The van der Waals surface area contributed by atoms with Gasteiger partial charge in [0.15, 0.2) is 0 Å². The lowest BCUT2D eigenvalue weighted by atomic mass is 10.1. The molecular formula is C27H27N3O5. The molecule has 1 aliphatic rings. The van der Waals surface area contributed by atoms with Gasteiger partial charge < -0.3 is 24.9 Å². The van der Waals surface area contributed by atoms with E-state index in [1.165, 1.54) is 12.0 Å². The number of para-hydroxylation sites is 1. The maximum absolute atomic E-state index is 13.4. The van der Waals surface area contributed by atoms with Crippen LogP contribution in [0.3, 0.4) is 0 Å². The SMILES string of the molecule is CO/N=C1\C[C@@H](C(=O)NC[C@@H](O)c2ccccc2)N(C(=O)c2cccc(Oc3ccccc3)c2)C1. The Morgan fingerprint density at radius 2 is 1.71 bits per heavy atom. The molecule has 0 bridgehead atoms. The van der Waals surface area contributed by atoms with E-state index in [9.17, 15) is 14.7 Å². The van der Waals surface area contributed by atoms with Crippen molar-refractivity contribution in [3.8, 4) is 11.5 Å². The molecule has 0 radical (unpaired) electrons. The molecular weight excluding hydrogens is 446 g/mol. The van der Waals surface area contributed by atoms with Crippen molar-refractivity contribution in [2.24, 2.45) is 5.16 Å². The summed E-state index contributed by atoms with van der Waals surface area (Å²) in [7, 11) is 1.42. The van der Waals surface area contributed by atoms with Crippen molar-refractivity contribution < 1.29 is 24.3 Å². The van der Waals surface area contributed by atoms with E-state index in [-0.39, 0.29) is 31.3 Å². The first kappa shape index (κ1) is 24.0. The van der Waals surface area contributed by atoms with Gasteiger partial charge in [-0.05, 0) is 35.9 Å². The summed E-state index contributed by atoms with van der Waals surface area (Å²) in [6.45, 7) is 0.189. The highest BCUT2D eigenvalue weighted by Crippen LogP contribution is 2.25. The van der Waals surface area contributed by atoms with Gasteiger partial charge in [-0.3, -0.25) is 9.59 Å². The summed E-state index contributed by atoms with van der Waals surface area (Å²) in [6, 6.07) is 24.4. The van der Waals surface area contributed by atoms with Crippen LogP contribution in [0.1, 0.15) is 28.4 Å². The Morgan fingerprint density at radius 3 is 2.43 bits per heavy atom. The fraction of sp³-hybridized carbons (Fsp3) is 0.222. The van der Waals surface area contributed by atoms with Crippen molar-refractivity contribution in [1.82, 2.24) is 10.2 Å². The van der Waals surface area contributed by atoms with Gasteiger partial charge in [0, 0.05) is 18.5 Å². The topological polar surface area (TPSA) is 100 Å². The number of amides is 2. The Labute approximate surface area is 203 Å². The van der Waals surface area contributed by atoms with E-state index in [0.29, 0.717) is 28.3 Å². The van der Waals surface area contributed by atoms with E-state index in [1.807, 2.05) is 48.5 Å². The highest BCUT2D eigenvalue weighted by Gasteiger charge is 2.38. The van der Waals surface area contributed by atoms with Crippen LogP contribution in [0.25, 0.3) is 0 Å². The first-order chi connectivity index (χ1) is 17.0. The van der Waals surface area contributed by atoms with Crippen molar-refractivity contribution in [2.75, 3.05) is 20.2 Å². The Balaban J connectivity index is 1.48. The van der Waals surface area contributed by atoms with Crippen LogP contribution in [0.2, 0.25) is 0 Å². The number of oxime groups is 1. The summed E-state index contributed by atoms with van der Waals surface area (Å²) in [5.41, 5.74) is 1.67. The number of carbonyl (C=O) groups excluding carboxylic acids is 2. The number of nitrogens with zero attached hydrogens (tertiary/aromatic N) is 2. The van der Waals surface area contributed by atoms with Gasteiger partial charge in [0.25, 0.3) is 5.91 Å². The van der Waals surface area contributed by atoms with Crippen molar-refractivity contribution in [1.29, 1.82) is 0 Å². The summed E-state index contributed by atoms with van der Waals surface area (Å²) in [4.78, 5) is 32.8. The number of aliphatic hydroxyl groups is 1. The zero-order chi connectivity index (χ0) is 24.6. The predicted octanol–water partition coefficient (Wildman–Crippen LogP) is 3.55. The van der Waals surface area contributed by atoms with Gasteiger partial charge in [0.05, 0.1) is 18.4 Å². The fourth-order valence-electron chi connectivity index (χ4n) is 3.94. The van der Waals surface area contributed by atoms with Crippen LogP contribution in [0.15, 0.2) is 90.1 Å². The Bertz CT molecular complexity index is 1180. The maximum Gasteiger partial charge on any atom is 0.255 e. The second-order valence-corrected chi connectivity index (χ2v) is 8.11. The molecule has 1 saturated heterocycles. The molecule has 2 atom stereocenters. The molecule has 1 aliphatic heterocycles. The Kier molecular flexibility index (Phi) is 7.74. The average molecular weight is 474 g/mol. The number of ether oxygens (including phenoxy) is 1. The molecule has 1 fully saturated rings. The zero-order valence-electron chi connectivity index (χ0n) is 19.3. The molecule has 2 amide bonds. The molecule has 0 aromatic heterocycles. The van der Waals surface area contributed by atoms with Gasteiger partial charge in [0.1, 0.15) is 24.7 Å². The lowest BCUT2D eigenvalue weighted by Gasteiger charge is -2.24. The number of aliphatic hydroxyl groups excluding tert-OH is 1. The Hall–Kier alpha value is -4.17. The molecule has 0 spiro atoms. The first-order valence-corrected chi connectivity index (χ1v) is 11.3. The fourth-order valence-corrected chi connectivity index (χ4v) is 3.94. The second-order valence-electron chi connectivity index (χ2n) is 8.11. The lowest BCUT2D eigenvalue weighted by molar-refractivity contribution is -0.125. The molecule has 3 aromatic rings. The molecule has 1 heterocycles. The number of hydrogen-bond donors (Lipinski definition) is 2. The molecule has 180 valence electrons. The molecule has 0 unspecified atom stereocenters. The van der Waals surface area contributed by atoms with Gasteiger partial charge in [-0.25, -0.2) is 0 Å². The molecule has 8 nitrogen and oxygen atoms in total. The van der Waals surface area contributed by atoms with Gasteiger partial charge in [-0.1, -0.05) is 59.8 Å². The van der Waals surface area contributed by atoms with E-state index in [2.05, 4.69) is 10.5 Å². The summed E-state index contributed by atoms with van der Waals surface area (Å²) in [5.74, 6) is 0.473. The van der Waals surface area contributed by atoms with Gasteiger partial charge in [0.2, 0.25) is 5.91 Å². The Morgan fingerprint density at radius 1 is 1.03 bits per heavy atom. The summed E-state index contributed by atoms with van der Waals surface area (Å²) in [6.07, 6.45) is -0.614. The highest BCUT2D eigenvalue weighted by atomic mass is 16.6. The summed E-state index contributed by atoms with van der Waals surface area (Å²) >= 11 is 0. The number of nitrogens with one attached hydrogen (secondary N) is 1. The largest absolute Gasteiger partial charge is 0.457 e. The van der Waals surface area contributed by atoms with Crippen molar-refractivity contribution >= 4 is 17.5 Å². The van der Waals surface area contributed by atoms with Crippen LogP contribution >= 0.6 is 0 Å². The minimum Gasteiger partial charge on any atom is -0.457 e. The molecule has 8 heteroatoms. The molecule has 4 rings (SSSR count). The van der Waals surface area contributed by atoms with E-state index in [4.69, 9.17) is 9.57 Å². The first-order valence-electron chi connectivity index (χ1n) is 11.3. The third-order valence-electron chi connectivity index (χ3n) is 5.66. The van der Waals surface area contributed by atoms with Crippen LogP contribution in [-0.4, -0.2) is 53.8 Å². The number of rotatable bonds is 8. The van der Waals surface area contributed by atoms with Crippen LogP contribution in [-0.2, 0) is 9.63 Å². The lowest BCUT2D eigenvalue weighted by Crippen LogP contribution is -2.46. The third-order valence-corrected chi connectivity index (χ3v) is 5.66. The summed E-state index contributed by atoms with van der Waals surface area (Å²) in [5, 5.41) is 17.1. The zero-order valence-corrected chi connectivity index (χ0v) is 19.3. The quantitative estimate of drug-likeness (QED) is 0.488. The van der Waals surface area contributed by atoms with E-state index >= 15 is 0 Å². The molecule has 2 N–H and O–H groups in total. The van der Waals surface area contributed by atoms with Crippen LogP contribution in [0.4, 0.5) is 0 Å². The monoisotopic (exact) mass is 473 g/mol. The molecule has 3 aromatic carbocycles. The van der Waals surface area contributed by atoms with Crippen molar-refractivity contribution in [2.45, 2.75) is 18.6 Å². The van der Waals surface area contributed by atoms with Crippen molar-refractivity contribution in [3.05, 3.63) is 96.1 Å². The number of likely N-dealkylation sites (tertiary alicyclic amines) is 1. The van der Waals surface area contributed by atoms with Crippen LogP contribution in [0, 0.1) is 0 Å². The standard InChI is InChI=1S/C27H27N3O5/c1-34-29-21-16-24(26(32)28-17-25(31)19-9-4-2-5-10-19)30(18-21)27(33)20-11-8-14-23(15-20)35-22-12-6-3-7-13-22/h2-15,24-25,31H,16-18H2,1H3,(H,28,32)/b29-21+/t24-,25+/m0/s1. The van der Waals surface area contributed by atoms with E-state index in [0.717, 1.165) is 0 Å². The van der Waals surface area contributed by atoms with Crippen molar-refractivity contribution in [3.63, 3.8) is 0 Å². The number of carbonyl (C=O) groups is 2. The normalized spacial score (nSPS) is 17.1. The van der Waals surface area contributed by atoms with Gasteiger partial charge in [-0.15, -0.1) is 0 Å². The van der Waals surface area contributed by atoms with E-state index in [1.54, 1.807) is 36.4 Å². The minimum atomic E-state index is -0.857. The van der Waals surface area contributed by atoms with Crippen LogP contribution in [0.5, 0.6) is 11.5 Å². The van der Waals surface area contributed by atoms with Crippen LogP contribution < -0.4 is 10.1 Å². The number of benzene rings is 3. The highest BCUT2D eigenvalue weighted by molar-refractivity contribution is 6.05. The molecule has 0 aliphatic carbocycles. The molecule has 0 saturated carbocycles. The van der Waals surface area contributed by atoms with Gasteiger partial charge in [-0.2, -0.15) is 0 Å². The predicted molar refractivity (Wildman–Crippen MR) is 131 cm³/mol. The maximum atomic E-state index is 13.4.